The van der Waals surface area contributed by atoms with Gasteiger partial charge in [0, 0.05) is 3.57 Å². The molecule has 0 aliphatic heterocycles. The molecule has 2 rings (SSSR count). The lowest BCUT2D eigenvalue weighted by Gasteiger charge is -2.02. The fraction of sp³-hybridized carbons (Fsp3) is 0. The van der Waals surface area contributed by atoms with Gasteiger partial charge in [0.15, 0.2) is 0 Å². The van der Waals surface area contributed by atoms with Gasteiger partial charge in [0.25, 0.3) is 0 Å². The third kappa shape index (κ3) is 3.16. The molecular formula is C13H11IO. The van der Waals surface area contributed by atoms with Crippen molar-refractivity contribution < 1.29 is 4.79 Å². The first kappa shape index (κ1) is 11.9. The van der Waals surface area contributed by atoms with Gasteiger partial charge in [-0.2, -0.15) is 0 Å². The second-order valence-corrected chi connectivity index (χ2v) is 4.01. The Labute approximate surface area is 103 Å². The lowest BCUT2D eigenvalue weighted by atomic mass is 10.1. The average Bonchev–Trinajstić information content (AvgIpc) is 2.33. The molecule has 76 valence electrons. The molecule has 0 aliphatic rings. The van der Waals surface area contributed by atoms with Crippen LogP contribution >= 0.6 is 22.6 Å². The van der Waals surface area contributed by atoms with Crippen LogP contribution in [-0.2, 0) is 4.79 Å². The van der Waals surface area contributed by atoms with Gasteiger partial charge in [-0.15, -0.1) is 0 Å². The van der Waals surface area contributed by atoms with Crippen LogP contribution in [0.5, 0.6) is 0 Å². The van der Waals surface area contributed by atoms with Gasteiger partial charge in [0.1, 0.15) is 6.79 Å². The van der Waals surface area contributed by atoms with Crippen LogP contribution in [0.25, 0.3) is 11.1 Å². The van der Waals surface area contributed by atoms with Crippen molar-refractivity contribution in [2.45, 2.75) is 0 Å². The molecule has 0 aliphatic carbocycles. The lowest BCUT2D eigenvalue weighted by molar-refractivity contribution is -0.0979. The predicted molar refractivity (Wildman–Crippen MR) is 71.7 cm³/mol. The normalized spacial score (nSPS) is 8.87. The van der Waals surface area contributed by atoms with E-state index < -0.39 is 0 Å². The summed E-state index contributed by atoms with van der Waals surface area (Å²) in [5.74, 6) is 0. The van der Waals surface area contributed by atoms with E-state index in [0.29, 0.717) is 0 Å². The van der Waals surface area contributed by atoms with Gasteiger partial charge >= 0.3 is 0 Å². The molecule has 2 aromatic rings. The third-order valence-corrected chi connectivity index (χ3v) is 2.90. The largest absolute Gasteiger partial charge is 0.307 e. The summed E-state index contributed by atoms with van der Waals surface area (Å²) >= 11 is 2.36. The number of benzene rings is 2. The van der Waals surface area contributed by atoms with Gasteiger partial charge in [-0.05, 0) is 39.8 Å². The SMILES string of the molecule is C=O.Ic1ccccc1-c1ccccc1. The Kier molecular flexibility index (Phi) is 5.04. The van der Waals surface area contributed by atoms with Crippen LogP contribution in [0.1, 0.15) is 0 Å². The third-order valence-electron chi connectivity index (χ3n) is 1.96. The van der Waals surface area contributed by atoms with E-state index in [4.69, 9.17) is 4.79 Å². The molecule has 0 radical (unpaired) electrons. The highest BCUT2D eigenvalue weighted by molar-refractivity contribution is 14.1. The highest BCUT2D eigenvalue weighted by atomic mass is 127. The average molecular weight is 310 g/mol. The maximum atomic E-state index is 8.00. The number of halogens is 1. The standard InChI is InChI=1S/C12H9I.CH2O/c13-12-9-5-4-8-11(12)10-6-2-1-3-7-10;1-2/h1-9H;1H2. The summed E-state index contributed by atoms with van der Waals surface area (Å²) in [6, 6.07) is 18.9. The monoisotopic (exact) mass is 310 g/mol. The maximum Gasteiger partial charge on any atom is 0.106 e. The molecule has 0 amide bonds. The molecule has 0 heterocycles. The Hall–Kier alpha value is -1.16. The van der Waals surface area contributed by atoms with E-state index >= 15 is 0 Å². The molecule has 0 saturated carbocycles. The predicted octanol–water partition coefficient (Wildman–Crippen LogP) is 3.77. The van der Waals surface area contributed by atoms with Gasteiger partial charge < -0.3 is 4.79 Å². The minimum atomic E-state index is 1.28. The highest BCUT2D eigenvalue weighted by Crippen LogP contribution is 2.24. The van der Waals surface area contributed by atoms with Crippen LogP contribution in [0, 0.1) is 3.57 Å². The summed E-state index contributed by atoms with van der Waals surface area (Å²) in [4.78, 5) is 8.00. The van der Waals surface area contributed by atoms with E-state index in [1.165, 1.54) is 14.7 Å². The molecule has 15 heavy (non-hydrogen) atoms. The molecule has 0 fully saturated rings. The van der Waals surface area contributed by atoms with E-state index in [-0.39, 0.29) is 0 Å². The van der Waals surface area contributed by atoms with Crippen molar-refractivity contribution in [2.24, 2.45) is 0 Å². The van der Waals surface area contributed by atoms with Crippen LogP contribution in [0.4, 0.5) is 0 Å². The molecule has 1 nitrogen and oxygen atoms in total. The molecule has 0 saturated heterocycles. The van der Waals surface area contributed by atoms with E-state index in [9.17, 15) is 0 Å². The van der Waals surface area contributed by atoms with Gasteiger partial charge in [-0.25, -0.2) is 0 Å². The molecule has 2 heteroatoms. The molecule has 0 aromatic heterocycles. The van der Waals surface area contributed by atoms with Crippen molar-refractivity contribution in [3.8, 4) is 11.1 Å². The van der Waals surface area contributed by atoms with E-state index in [2.05, 4.69) is 71.1 Å². The zero-order chi connectivity index (χ0) is 11.1. The molecule has 0 atom stereocenters. The molecule has 0 spiro atoms. The van der Waals surface area contributed by atoms with Crippen LogP contribution < -0.4 is 0 Å². The van der Waals surface area contributed by atoms with E-state index in [0.717, 1.165) is 0 Å². The zero-order valence-electron chi connectivity index (χ0n) is 8.19. The highest BCUT2D eigenvalue weighted by Gasteiger charge is 1.99. The Balaban J connectivity index is 0.000000531. The quantitative estimate of drug-likeness (QED) is 0.733. The summed E-state index contributed by atoms with van der Waals surface area (Å²) < 4.78 is 1.30. The maximum absolute atomic E-state index is 8.00. The van der Waals surface area contributed by atoms with Crippen molar-refractivity contribution in [3.05, 3.63) is 58.2 Å². The number of hydrogen-bond acceptors (Lipinski definition) is 1. The summed E-state index contributed by atoms with van der Waals surface area (Å²) in [5.41, 5.74) is 2.59. The van der Waals surface area contributed by atoms with Crippen molar-refractivity contribution in [2.75, 3.05) is 0 Å². The molecular weight excluding hydrogens is 299 g/mol. The van der Waals surface area contributed by atoms with Gasteiger partial charge in [-0.1, -0.05) is 48.5 Å². The Morgan fingerprint density at radius 1 is 0.800 bits per heavy atom. The molecule has 0 unspecified atom stereocenters. The summed E-state index contributed by atoms with van der Waals surface area (Å²) in [6.45, 7) is 2.00. The minimum absolute atomic E-state index is 1.28. The minimum Gasteiger partial charge on any atom is -0.307 e. The Morgan fingerprint density at radius 2 is 1.33 bits per heavy atom. The van der Waals surface area contributed by atoms with E-state index in [1.54, 1.807) is 0 Å². The Bertz CT molecular complexity index is 412. The van der Waals surface area contributed by atoms with E-state index in [1.807, 2.05) is 12.9 Å². The number of hydrogen-bond donors (Lipinski definition) is 0. The zero-order valence-corrected chi connectivity index (χ0v) is 10.3. The van der Waals surface area contributed by atoms with Crippen LogP contribution in [0.2, 0.25) is 0 Å². The first-order chi connectivity index (χ1) is 7.38. The molecule has 0 bridgehead atoms. The van der Waals surface area contributed by atoms with Crippen molar-refractivity contribution >= 4 is 29.4 Å². The van der Waals surface area contributed by atoms with Crippen molar-refractivity contribution in [1.29, 1.82) is 0 Å². The van der Waals surface area contributed by atoms with Crippen LogP contribution in [0.15, 0.2) is 54.6 Å². The lowest BCUT2D eigenvalue weighted by Crippen LogP contribution is -1.80. The fourth-order valence-corrected chi connectivity index (χ4v) is 2.01. The topological polar surface area (TPSA) is 17.1 Å². The number of carbonyl (C=O) groups is 1. The van der Waals surface area contributed by atoms with Gasteiger partial charge in [0.05, 0.1) is 0 Å². The Morgan fingerprint density at radius 3 is 1.93 bits per heavy atom. The van der Waals surface area contributed by atoms with Crippen LogP contribution in [-0.4, -0.2) is 6.79 Å². The van der Waals surface area contributed by atoms with Gasteiger partial charge in [0.2, 0.25) is 0 Å². The number of carbonyl (C=O) groups excluding carboxylic acids is 1. The first-order valence-electron chi connectivity index (χ1n) is 4.47. The summed E-state index contributed by atoms with van der Waals surface area (Å²) in [5, 5.41) is 0. The molecule has 2 aromatic carbocycles. The number of rotatable bonds is 1. The van der Waals surface area contributed by atoms with Crippen LogP contribution in [0.3, 0.4) is 0 Å². The molecule has 0 N–H and O–H groups in total. The second-order valence-electron chi connectivity index (χ2n) is 2.85. The fourth-order valence-electron chi connectivity index (χ4n) is 1.31. The van der Waals surface area contributed by atoms with Gasteiger partial charge in [-0.3, -0.25) is 0 Å². The smallest absolute Gasteiger partial charge is 0.106 e. The first-order valence-corrected chi connectivity index (χ1v) is 5.54. The second kappa shape index (κ2) is 6.35. The summed E-state index contributed by atoms with van der Waals surface area (Å²) in [6.07, 6.45) is 0. The van der Waals surface area contributed by atoms with Crippen molar-refractivity contribution in [3.63, 3.8) is 0 Å². The van der Waals surface area contributed by atoms with Crippen molar-refractivity contribution in [1.82, 2.24) is 0 Å². The summed E-state index contributed by atoms with van der Waals surface area (Å²) in [7, 11) is 0.